The maximum atomic E-state index is 14.3. The van der Waals surface area contributed by atoms with E-state index in [4.69, 9.17) is 4.42 Å². The molecule has 0 aliphatic heterocycles. The van der Waals surface area contributed by atoms with Gasteiger partial charge in [0.2, 0.25) is 0 Å². The van der Waals surface area contributed by atoms with Crippen LogP contribution in [0.15, 0.2) is 120 Å². The van der Waals surface area contributed by atoms with Gasteiger partial charge in [0, 0.05) is 43.4 Å². The fourth-order valence-corrected chi connectivity index (χ4v) is 7.67. The molecule has 0 spiro atoms. The molecular formula is C43H39FIrN2OSi-2. The van der Waals surface area contributed by atoms with Crippen molar-refractivity contribution in [1.82, 2.24) is 9.97 Å². The third kappa shape index (κ3) is 7.83. The van der Waals surface area contributed by atoms with Gasteiger partial charge in [-0.2, -0.15) is 0 Å². The molecule has 1 radical (unpaired) electrons. The monoisotopic (exact) mass is 839 g/mol. The van der Waals surface area contributed by atoms with Gasteiger partial charge in [0.15, 0.2) is 0 Å². The minimum Gasteiger partial charge on any atom is -0.501 e. The average Bonchev–Trinajstić information content (AvgIpc) is 3.76. The molecule has 0 unspecified atom stereocenters. The summed E-state index contributed by atoms with van der Waals surface area (Å²) in [6, 6.07) is 39.8. The van der Waals surface area contributed by atoms with E-state index in [1.165, 1.54) is 42.5 Å². The zero-order valence-corrected chi connectivity index (χ0v) is 31.5. The van der Waals surface area contributed by atoms with Crippen molar-refractivity contribution >= 4 is 35.2 Å². The fraction of sp³-hybridized carbons (Fsp3) is 0.209. The van der Waals surface area contributed by atoms with Crippen molar-refractivity contribution < 1.29 is 28.9 Å². The molecule has 3 aromatic heterocycles. The summed E-state index contributed by atoms with van der Waals surface area (Å²) < 4.78 is 20.6. The van der Waals surface area contributed by atoms with E-state index in [2.05, 4.69) is 66.0 Å². The van der Waals surface area contributed by atoms with Gasteiger partial charge in [-0.05, 0) is 52.7 Å². The second-order valence-electron chi connectivity index (χ2n) is 13.8. The Morgan fingerprint density at radius 3 is 2.35 bits per heavy atom. The molecule has 1 aliphatic rings. The number of furan rings is 1. The molecule has 3 nitrogen and oxygen atoms in total. The van der Waals surface area contributed by atoms with Gasteiger partial charge in [-0.3, -0.25) is 0 Å². The number of benzene rings is 4. The Morgan fingerprint density at radius 1 is 0.796 bits per heavy atom. The third-order valence-corrected chi connectivity index (χ3v) is 11.3. The van der Waals surface area contributed by atoms with E-state index in [1.54, 1.807) is 12.1 Å². The van der Waals surface area contributed by atoms with Crippen LogP contribution in [-0.4, -0.2) is 18.0 Å². The van der Waals surface area contributed by atoms with Crippen LogP contribution in [0.25, 0.3) is 55.6 Å². The smallest absolute Gasteiger partial charge is 0.131 e. The summed E-state index contributed by atoms with van der Waals surface area (Å²) in [7, 11) is -1.23. The van der Waals surface area contributed by atoms with Crippen molar-refractivity contribution in [3.63, 3.8) is 0 Å². The number of nitrogens with zero attached hydrogens (tertiary/aromatic N) is 2. The summed E-state index contributed by atoms with van der Waals surface area (Å²) in [4.78, 5) is 9.16. The van der Waals surface area contributed by atoms with Crippen LogP contribution >= 0.6 is 0 Å². The van der Waals surface area contributed by atoms with Gasteiger partial charge in [0.1, 0.15) is 11.4 Å². The van der Waals surface area contributed by atoms with Crippen molar-refractivity contribution in [2.45, 2.75) is 51.7 Å². The van der Waals surface area contributed by atoms with Crippen LogP contribution in [0.2, 0.25) is 19.6 Å². The van der Waals surface area contributed by atoms with Crippen LogP contribution in [-0.2, 0) is 26.5 Å². The number of halogens is 1. The average molecular weight is 839 g/mol. The molecule has 8 rings (SSSR count). The Labute approximate surface area is 303 Å². The number of fused-ring (bicyclic) bond motifs is 3. The predicted octanol–water partition coefficient (Wildman–Crippen LogP) is 11.1. The minimum absolute atomic E-state index is 0. The Morgan fingerprint density at radius 2 is 1.61 bits per heavy atom. The molecular weight excluding hydrogens is 800 g/mol. The number of aromatic nitrogens is 2. The first-order valence-electron chi connectivity index (χ1n) is 16.8. The Kier molecular flexibility index (Phi) is 10.7. The minimum atomic E-state index is -1.23. The van der Waals surface area contributed by atoms with Gasteiger partial charge in [-0.15, -0.1) is 54.1 Å². The van der Waals surface area contributed by atoms with Crippen LogP contribution in [0.4, 0.5) is 4.39 Å². The molecule has 0 amide bonds. The van der Waals surface area contributed by atoms with Crippen molar-refractivity contribution in [1.29, 1.82) is 0 Å². The number of hydrogen-bond donors (Lipinski definition) is 0. The summed E-state index contributed by atoms with van der Waals surface area (Å²) >= 11 is 0. The first-order chi connectivity index (χ1) is 23.3. The van der Waals surface area contributed by atoms with Gasteiger partial charge in [0.25, 0.3) is 0 Å². The molecule has 0 atom stereocenters. The molecule has 7 aromatic rings. The van der Waals surface area contributed by atoms with E-state index in [-0.39, 0.29) is 25.9 Å². The van der Waals surface area contributed by atoms with Crippen LogP contribution in [0.5, 0.6) is 0 Å². The molecule has 1 saturated carbocycles. The van der Waals surface area contributed by atoms with Gasteiger partial charge in [-0.1, -0.05) is 110 Å². The summed E-state index contributed by atoms with van der Waals surface area (Å²) in [5.74, 6) is 0.549. The molecule has 49 heavy (non-hydrogen) atoms. The molecule has 1 aliphatic carbocycles. The second-order valence-corrected chi connectivity index (χ2v) is 18.8. The predicted molar refractivity (Wildman–Crippen MR) is 198 cm³/mol. The number of pyridine rings is 2. The molecule has 1 fully saturated rings. The van der Waals surface area contributed by atoms with E-state index in [0.29, 0.717) is 5.56 Å². The zero-order valence-electron chi connectivity index (χ0n) is 28.1. The largest absolute Gasteiger partial charge is 0.501 e. The van der Waals surface area contributed by atoms with Crippen molar-refractivity contribution in [3.05, 3.63) is 139 Å². The van der Waals surface area contributed by atoms with E-state index >= 15 is 0 Å². The van der Waals surface area contributed by atoms with Crippen molar-refractivity contribution in [3.8, 4) is 33.6 Å². The van der Waals surface area contributed by atoms with Crippen molar-refractivity contribution in [2.75, 3.05) is 0 Å². The van der Waals surface area contributed by atoms with Gasteiger partial charge >= 0.3 is 0 Å². The fourth-order valence-electron chi connectivity index (χ4n) is 6.63. The number of hydrogen-bond acceptors (Lipinski definition) is 3. The van der Waals surface area contributed by atoms with Crippen LogP contribution in [0.3, 0.4) is 0 Å². The van der Waals surface area contributed by atoms with E-state index in [1.807, 2.05) is 73.1 Å². The standard InChI is InChI=1S/C29H23FNO.C14H16NSi.Ir/c30-26-11-4-3-8-22(26)21-12-13-23-24-9-5-10-25(29(24)32-28(23)18-21)27-17-20(14-15-31-27)16-19-6-1-2-7-19;1-16(2,3)13-9-10-14(15-11-13)12-7-5-4-6-8-12;/h3-5,8-9,11-15,17-19H,1-2,6-7,16H2;4-7,9-11H,1-3H3;/q2*-1;. The van der Waals surface area contributed by atoms with Crippen LogP contribution in [0.1, 0.15) is 31.2 Å². The maximum absolute atomic E-state index is 14.3. The SMILES string of the molecule is C[Si](C)(C)c1ccc(-c2[c-]cccc2)nc1.Fc1ccccc1-c1ccc2c(c1)oc1c(-c3cc(CC4CCCC4)ccn3)[c-]ccc12.[Ir]. The summed E-state index contributed by atoms with van der Waals surface area (Å²) in [5.41, 5.74) is 8.04. The molecule has 3 heterocycles. The first kappa shape index (κ1) is 34.6. The van der Waals surface area contributed by atoms with E-state index in [9.17, 15) is 4.39 Å². The summed E-state index contributed by atoms with van der Waals surface area (Å²) in [6.45, 7) is 7.00. The maximum Gasteiger partial charge on any atom is 0.131 e. The third-order valence-electron chi connectivity index (χ3n) is 9.31. The Hall–Kier alpha value is -4.22. The quantitative estimate of drug-likeness (QED) is 0.124. The topological polar surface area (TPSA) is 38.9 Å². The Balaban J connectivity index is 0.000000208. The van der Waals surface area contributed by atoms with Gasteiger partial charge in [-0.25, -0.2) is 4.39 Å². The molecule has 6 heteroatoms. The molecule has 0 saturated heterocycles. The van der Waals surface area contributed by atoms with Crippen LogP contribution in [0, 0.1) is 23.9 Å². The molecule has 4 aromatic carbocycles. The normalized spacial score (nSPS) is 13.2. The second kappa shape index (κ2) is 15.1. The van der Waals surface area contributed by atoms with Crippen molar-refractivity contribution in [2.24, 2.45) is 5.92 Å². The molecule has 249 valence electrons. The Bertz CT molecular complexity index is 2170. The molecule has 0 bridgehead atoms. The number of rotatable bonds is 6. The van der Waals surface area contributed by atoms with Gasteiger partial charge < -0.3 is 14.4 Å². The van der Waals surface area contributed by atoms with E-state index in [0.717, 1.165) is 62.4 Å². The van der Waals surface area contributed by atoms with E-state index < -0.39 is 8.07 Å². The zero-order chi connectivity index (χ0) is 33.1. The van der Waals surface area contributed by atoms with Crippen LogP contribution < -0.4 is 5.19 Å². The van der Waals surface area contributed by atoms with Gasteiger partial charge in [0.05, 0.1) is 13.7 Å². The first-order valence-corrected chi connectivity index (χ1v) is 20.3. The summed E-state index contributed by atoms with van der Waals surface area (Å²) in [5, 5.41) is 3.43. The molecule has 0 N–H and O–H groups in total. The summed E-state index contributed by atoms with van der Waals surface area (Å²) in [6.07, 6.45) is 10.4.